The molecule has 22 heavy (non-hydrogen) atoms. The fourth-order valence-corrected chi connectivity index (χ4v) is 5.24. The lowest BCUT2D eigenvalue weighted by molar-refractivity contribution is -0.209. The van der Waals surface area contributed by atoms with E-state index in [1.807, 2.05) is 0 Å². The van der Waals surface area contributed by atoms with Crippen molar-refractivity contribution >= 4 is 0 Å². The summed E-state index contributed by atoms with van der Waals surface area (Å²) in [6.07, 6.45) is 3.60. The summed E-state index contributed by atoms with van der Waals surface area (Å²) in [6, 6.07) is 0. The molecule has 0 aromatic heterocycles. The van der Waals surface area contributed by atoms with Gasteiger partial charge in [0, 0.05) is 52.1 Å². The van der Waals surface area contributed by atoms with Crippen molar-refractivity contribution < 1.29 is 28.4 Å². The van der Waals surface area contributed by atoms with Crippen LogP contribution in [0.4, 0.5) is 0 Å². The molecule has 3 fully saturated rings. The summed E-state index contributed by atoms with van der Waals surface area (Å²) in [7, 11) is 6.78. The molecule has 0 amide bonds. The molecule has 6 nitrogen and oxygen atoms in total. The maximum atomic E-state index is 5.98. The van der Waals surface area contributed by atoms with Crippen molar-refractivity contribution in [2.24, 2.45) is 35.5 Å². The van der Waals surface area contributed by atoms with E-state index in [1.54, 1.807) is 28.4 Å². The van der Waals surface area contributed by atoms with Gasteiger partial charge in [-0.15, -0.1) is 0 Å². The smallest absolute Gasteiger partial charge is 0.164 e. The number of rotatable bonds is 4. The Bertz CT molecular complexity index is 382. The Morgan fingerprint density at radius 3 is 1.05 bits per heavy atom. The number of hydrogen-bond donors (Lipinski definition) is 0. The molecule has 5 rings (SSSR count). The van der Waals surface area contributed by atoms with Crippen LogP contribution in [0.3, 0.4) is 0 Å². The van der Waals surface area contributed by atoms with Crippen LogP contribution in [-0.4, -0.2) is 53.6 Å². The Morgan fingerprint density at radius 1 is 0.545 bits per heavy atom. The fourth-order valence-electron chi connectivity index (χ4n) is 5.24. The lowest BCUT2D eigenvalue weighted by Gasteiger charge is -2.50. The molecule has 2 bridgehead atoms. The van der Waals surface area contributed by atoms with Crippen LogP contribution in [0.1, 0.15) is 0 Å². The first-order valence-corrected chi connectivity index (χ1v) is 7.85. The van der Waals surface area contributed by atoms with Crippen LogP contribution in [0.2, 0.25) is 0 Å². The van der Waals surface area contributed by atoms with Gasteiger partial charge in [-0.3, -0.25) is 0 Å². The van der Waals surface area contributed by atoms with Crippen molar-refractivity contribution in [1.29, 1.82) is 0 Å². The van der Waals surface area contributed by atoms with Gasteiger partial charge >= 0.3 is 0 Å². The largest absolute Gasteiger partial charge is 0.355 e. The van der Waals surface area contributed by atoms with E-state index in [9.17, 15) is 0 Å². The molecule has 0 radical (unpaired) electrons. The normalized spacial score (nSPS) is 55.5. The average Bonchev–Trinajstić information content (AvgIpc) is 3.15. The molecule has 6 unspecified atom stereocenters. The van der Waals surface area contributed by atoms with Gasteiger partial charge in [-0.2, -0.15) is 0 Å². The Morgan fingerprint density at radius 2 is 0.818 bits per heavy atom. The van der Waals surface area contributed by atoms with Crippen molar-refractivity contribution in [2.75, 3.05) is 28.4 Å². The van der Waals surface area contributed by atoms with Crippen LogP contribution < -0.4 is 0 Å². The van der Waals surface area contributed by atoms with Crippen LogP contribution in [0.15, 0.2) is 12.2 Å². The minimum absolute atomic E-state index is 0.243. The second-order valence-corrected chi connectivity index (χ2v) is 6.54. The summed E-state index contributed by atoms with van der Waals surface area (Å²) >= 11 is 0. The van der Waals surface area contributed by atoms with Gasteiger partial charge in [0.2, 0.25) is 0 Å². The highest BCUT2D eigenvalue weighted by Crippen LogP contribution is 2.61. The third-order valence-corrected chi connectivity index (χ3v) is 5.95. The van der Waals surface area contributed by atoms with E-state index in [0.717, 1.165) is 0 Å². The highest BCUT2D eigenvalue weighted by molar-refractivity contribution is 5.20. The first-order valence-electron chi connectivity index (χ1n) is 7.85. The van der Waals surface area contributed by atoms with Crippen LogP contribution in [0, 0.1) is 35.5 Å². The number of hydrogen-bond acceptors (Lipinski definition) is 6. The molecule has 2 saturated heterocycles. The van der Waals surface area contributed by atoms with E-state index >= 15 is 0 Å². The molecule has 1 saturated carbocycles. The quantitative estimate of drug-likeness (QED) is 0.728. The Labute approximate surface area is 130 Å². The van der Waals surface area contributed by atoms with Gasteiger partial charge in [0.05, 0.1) is 0 Å². The highest BCUT2D eigenvalue weighted by atomic mass is 16.8. The fraction of sp³-hybridized carbons (Fsp3) is 0.875. The maximum Gasteiger partial charge on any atom is 0.164 e. The molecule has 2 aliphatic heterocycles. The van der Waals surface area contributed by atoms with Crippen LogP contribution in [0.5, 0.6) is 0 Å². The van der Waals surface area contributed by atoms with Gasteiger partial charge in [-0.1, -0.05) is 12.2 Å². The van der Waals surface area contributed by atoms with E-state index in [2.05, 4.69) is 12.2 Å². The SMILES string of the molecule is COC1OC(OC)[C@H]2C3C=CC([C@@H]12)[C@@H]1C(OC)OC(OC)[C@H]31. The van der Waals surface area contributed by atoms with Gasteiger partial charge in [-0.05, 0) is 11.8 Å². The molecule has 0 aromatic carbocycles. The summed E-state index contributed by atoms with van der Waals surface area (Å²) < 4.78 is 34.3. The van der Waals surface area contributed by atoms with Crippen LogP contribution in [-0.2, 0) is 28.4 Å². The minimum atomic E-state index is -0.243. The topological polar surface area (TPSA) is 55.4 Å². The molecule has 3 aliphatic carbocycles. The Kier molecular flexibility index (Phi) is 3.79. The van der Waals surface area contributed by atoms with Gasteiger partial charge in [0.15, 0.2) is 25.2 Å². The van der Waals surface area contributed by atoms with Gasteiger partial charge in [-0.25, -0.2) is 0 Å². The van der Waals surface area contributed by atoms with E-state index in [0.29, 0.717) is 0 Å². The van der Waals surface area contributed by atoms with Gasteiger partial charge < -0.3 is 28.4 Å². The molecule has 5 aliphatic rings. The highest BCUT2D eigenvalue weighted by Gasteiger charge is 2.66. The number of methoxy groups -OCH3 is 4. The predicted molar refractivity (Wildman–Crippen MR) is 75.4 cm³/mol. The zero-order valence-corrected chi connectivity index (χ0v) is 13.4. The molecule has 10 atom stereocenters. The Balaban J connectivity index is 1.73. The van der Waals surface area contributed by atoms with Crippen molar-refractivity contribution in [3.63, 3.8) is 0 Å². The van der Waals surface area contributed by atoms with E-state index in [1.165, 1.54) is 0 Å². The second-order valence-electron chi connectivity index (χ2n) is 6.54. The van der Waals surface area contributed by atoms with Crippen molar-refractivity contribution in [1.82, 2.24) is 0 Å². The maximum absolute atomic E-state index is 5.98. The molecular formula is C16H24O6. The lowest BCUT2D eigenvalue weighted by Crippen LogP contribution is -2.53. The molecule has 6 heteroatoms. The van der Waals surface area contributed by atoms with E-state index < -0.39 is 0 Å². The Hall–Kier alpha value is -0.500. The third-order valence-electron chi connectivity index (χ3n) is 5.95. The molecule has 0 spiro atoms. The number of allylic oxidation sites excluding steroid dienone is 2. The molecule has 124 valence electrons. The zero-order valence-electron chi connectivity index (χ0n) is 13.4. The average molecular weight is 312 g/mol. The summed E-state index contributed by atoms with van der Waals surface area (Å²) in [6.45, 7) is 0. The van der Waals surface area contributed by atoms with Crippen molar-refractivity contribution in [3.05, 3.63) is 12.2 Å². The molecular weight excluding hydrogens is 288 g/mol. The zero-order chi connectivity index (χ0) is 15.4. The lowest BCUT2D eigenvalue weighted by atomic mass is 9.53. The predicted octanol–water partition coefficient (Wildman–Crippen LogP) is 1.22. The second kappa shape index (κ2) is 5.54. The van der Waals surface area contributed by atoms with Crippen molar-refractivity contribution in [3.8, 4) is 0 Å². The standard InChI is InChI=1S/C16H24O6/c1-17-13-9-7-5-6-8(10(9)14(18-2)21-13)12-11(7)15(19-3)22-16(12)20-4/h5-16H,1-4H3/t7?,8?,9-,10+,11+,12-,13?,14?,15?,16?. The number of ether oxygens (including phenoxy) is 6. The summed E-state index contributed by atoms with van der Waals surface area (Å²) in [5.74, 6) is 1.64. The van der Waals surface area contributed by atoms with Crippen LogP contribution in [0.25, 0.3) is 0 Å². The van der Waals surface area contributed by atoms with Gasteiger partial charge in [0.25, 0.3) is 0 Å². The van der Waals surface area contributed by atoms with Gasteiger partial charge in [0.1, 0.15) is 0 Å². The summed E-state index contributed by atoms with van der Waals surface area (Å²) in [4.78, 5) is 0. The monoisotopic (exact) mass is 312 g/mol. The first-order chi connectivity index (χ1) is 10.7. The van der Waals surface area contributed by atoms with Crippen LogP contribution >= 0.6 is 0 Å². The minimum Gasteiger partial charge on any atom is -0.355 e. The molecule has 2 heterocycles. The summed E-state index contributed by atoms with van der Waals surface area (Å²) in [5, 5.41) is 0. The van der Waals surface area contributed by atoms with E-state index in [4.69, 9.17) is 28.4 Å². The first kappa shape index (κ1) is 15.1. The molecule has 0 N–H and O–H groups in total. The third kappa shape index (κ3) is 1.82. The van der Waals surface area contributed by atoms with Crippen molar-refractivity contribution in [2.45, 2.75) is 25.2 Å². The van der Waals surface area contributed by atoms with E-state index in [-0.39, 0.29) is 60.7 Å². The molecule has 0 aromatic rings. The summed E-state index contributed by atoms with van der Waals surface area (Å²) in [5.41, 5.74) is 0.